The van der Waals surface area contributed by atoms with Gasteiger partial charge in [0.25, 0.3) is 0 Å². The molecule has 1 heterocycles. The first-order valence-electron chi connectivity index (χ1n) is 11.4. The molecule has 2 aromatic rings. The van der Waals surface area contributed by atoms with Crippen LogP contribution >= 0.6 is 0 Å². The van der Waals surface area contributed by atoms with E-state index >= 15 is 0 Å². The molecule has 8 heteroatoms. The number of benzene rings is 2. The SMILES string of the molecule is O=C(CCNS(=O)(=O)/C=C/c1ccccc1)NCC1(c2ccc3c(c2)OCCO3)CCCC1. The predicted octanol–water partition coefficient (Wildman–Crippen LogP) is 3.37. The molecule has 33 heavy (non-hydrogen) atoms. The van der Waals surface area contributed by atoms with Gasteiger partial charge in [-0.1, -0.05) is 49.2 Å². The first kappa shape index (κ1) is 23.3. The summed E-state index contributed by atoms with van der Waals surface area (Å²) in [6.45, 7) is 1.66. The molecule has 0 aromatic heterocycles. The van der Waals surface area contributed by atoms with E-state index in [1.807, 2.05) is 42.5 Å². The number of ether oxygens (including phenoxy) is 2. The van der Waals surface area contributed by atoms with Crippen LogP contribution in [0, 0.1) is 0 Å². The Morgan fingerprint density at radius 2 is 1.73 bits per heavy atom. The molecule has 176 valence electrons. The minimum Gasteiger partial charge on any atom is -0.486 e. The van der Waals surface area contributed by atoms with Crippen molar-refractivity contribution in [2.45, 2.75) is 37.5 Å². The zero-order valence-electron chi connectivity index (χ0n) is 18.6. The van der Waals surface area contributed by atoms with E-state index in [0.29, 0.717) is 19.8 Å². The van der Waals surface area contributed by atoms with Crippen molar-refractivity contribution >= 4 is 22.0 Å². The fraction of sp³-hybridized carbons (Fsp3) is 0.400. The summed E-state index contributed by atoms with van der Waals surface area (Å²) in [6, 6.07) is 15.2. The highest BCUT2D eigenvalue weighted by Crippen LogP contribution is 2.43. The quantitative estimate of drug-likeness (QED) is 0.586. The maximum Gasteiger partial charge on any atom is 0.233 e. The van der Waals surface area contributed by atoms with Crippen LogP contribution in [0.5, 0.6) is 11.5 Å². The molecule has 0 radical (unpaired) electrons. The maximum absolute atomic E-state index is 12.5. The van der Waals surface area contributed by atoms with Crippen LogP contribution in [-0.2, 0) is 20.2 Å². The van der Waals surface area contributed by atoms with Gasteiger partial charge in [0.1, 0.15) is 13.2 Å². The summed E-state index contributed by atoms with van der Waals surface area (Å²) in [4.78, 5) is 12.5. The van der Waals surface area contributed by atoms with Crippen LogP contribution in [0.15, 0.2) is 53.9 Å². The van der Waals surface area contributed by atoms with E-state index in [4.69, 9.17) is 9.47 Å². The predicted molar refractivity (Wildman–Crippen MR) is 128 cm³/mol. The number of hydrogen-bond donors (Lipinski definition) is 2. The molecule has 1 aliphatic heterocycles. The highest BCUT2D eigenvalue weighted by Gasteiger charge is 2.36. The lowest BCUT2D eigenvalue weighted by atomic mass is 9.78. The number of carbonyl (C=O) groups excluding carboxylic acids is 1. The van der Waals surface area contributed by atoms with Crippen LogP contribution in [0.4, 0.5) is 0 Å². The number of carbonyl (C=O) groups is 1. The van der Waals surface area contributed by atoms with Crippen LogP contribution in [0.3, 0.4) is 0 Å². The van der Waals surface area contributed by atoms with E-state index in [-0.39, 0.29) is 24.3 Å². The minimum absolute atomic E-state index is 0.0460. The number of sulfonamides is 1. The van der Waals surface area contributed by atoms with Gasteiger partial charge in [-0.25, -0.2) is 13.1 Å². The molecule has 1 amide bonds. The van der Waals surface area contributed by atoms with Gasteiger partial charge in [-0.05, 0) is 42.2 Å². The number of rotatable bonds is 9. The standard InChI is InChI=1S/C25H30N2O5S/c28-24(10-14-27-33(29,30)17-11-20-6-2-1-3-7-20)26-19-25(12-4-5-13-25)21-8-9-22-23(18-21)32-16-15-31-22/h1-3,6-9,11,17-18,27H,4-5,10,12-16,19H2,(H,26,28)/b17-11+. The Morgan fingerprint density at radius 1 is 1.00 bits per heavy atom. The monoisotopic (exact) mass is 470 g/mol. The van der Waals surface area contributed by atoms with Gasteiger partial charge in [0.15, 0.2) is 11.5 Å². The van der Waals surface area contributed by atoms with E-state index in [2.05, 4.69) is 16.1 Å². The Bertz CT molecular complexity index is 1090. The second kappa shape index (κ2) is 10.4. The van der Waals surface area contributed by atoms with Crippen LogP contribution in [0.25, 0.3) is 6.08 Å². The molecule has 4 rings (SSSR count). The van der Waals surface area contributed by atoms with Gasteiger partial charge >= 0.3 is 0 Å². The summed E-state index contributed by atoms with van der Waals surface area (Å²) >= 11 is 0. The van der Waals surface area contributed by atoms with E-state index < -0.39 is 10.0 Å². The third kappa shape index (κ3) is 6.15. The average Bonchev–Trinajstić information content (AvgIpc) is 3.32. The molecule has 0 atom stereocenters. The number of nitrogens with one attached hydrogen (secondary N) is 2. The molecule has 0 saturated heterocycles. The average molecular weight is 471 g/mol. The molecule has 1 fully saturated rings. The van der Waals surface area contributed by atoms with Gasteiger partial charge < -0.3 is 14.8 Å². The van der Waals surface area contributed by atoms with E-state index in [0.717, 1.165) is 53.7 Å². The molecule has 7 nitrogen and oxygen atoms in total. The normalized spacial score (nSPS) is 17.2. The Morgan fingerprint density at radius 3 is 2.48 bits per heavy atom. The van der Waals surface area contributed by atoms with Gasteiger partial charge in [-0.3, -0.25) is 4.79 Å². The molecular weight excluding hydrogens is 440 g/mol. The molecule has 2 N–H and O–H groups in total. The number of hydrogen-bond acceptors (Lipinski definition) is 5. The van der Waals surface area contributed by atoms with Gasteiger partial charge in [-0.15, -0.1) is 0 Å². The molecule has 2 aromatic carbocycles. The van der Waals surface area contributed by atoms with E-state index in [1.165, 1.54) is 6.08 Å². The molecule has 0 spiro atoms. The topological polar surface area (TPSA) is 93.7 Å². The second-order valence-electron chi connectivity index (χ2n) is 8.53. The van der Waals surface area contributed by atoms with E-state index in [9.17, 15) is 13.2 Å². The van der Waals surface area contributed by atoms with Crippen molar-refractivity contribution in [2.75, 3.05) is 26.3 Å². The van der Waals surface area contributed by atoms with Crippen molar-refractivity contribution in [2.24, 2.45) is 0 Å². The summed E-state index contributed by atoms with van der Waals surface area (Å²) < 4.78 is 38.1. The molecule has 2 aliphatic rings. The highest BCUT2D eigenvalue weighted by atomic mass is 32.2. The van der Waals surface area contributed by atoms with Gasteiger partial charge in [0.2, 0.25) is 15.9 Å². The molecule has 0 bridgehead atoms. The smallest absolute Gasteiger partial charge is 0.233 e. The Labute approximate surface area is 195 Å². The number of amides is 1. The third-order valence-electron chi connectivity index (χ3n) is 6.23. The van der Waals surface area contributed by atoms with Crippen LogP contribution in [0.2, 0.25) is 0 Å². The Hall–Kier alpha value is -2.84. The molecule has 1 saturated carbocycles. The summed E-state index contributed by atoms with van der Waals surface area (Å²) in [5, 5.41) is 4.14. The van der Waals surface area contributed by atoms with Gasteiger partial charge in [0, 0.05) is 30.3 Å². The van der Waals surface area contributed by atoms with Crippen molar-refractivity contribution in [3.8, 4) is 11.5 Å². The van der Waals surface area contributed by atoms with Gasteiger partial charge in [-0.2, -0.15) is 0 Å². The summed E-state index contributed by atoms with van der Waals surface area (Å²) in [6.07, 6.45) is 5.80. The van der Waals surface area contributed by atoms with Crippen LogP contribution < -0.4 is 19.5 Å². The largest absolute Gasteiger partial charge is 0.486 e. The van der Waals surface area contributed by atoms with E-state index in [1.54, 1.807) is 0 Å². The zero-order valence-corrected chi connectivity index (χ0v) is 19.4. The summed E-state index contributed by atoms with van der Waals surface area (Å²) in [7, 11) is -3.61. The molecule has 1 aliphatic carbocycles. The summed E-state index contributed by atoms with van der Waals surface area (Å²) in [5.74, 6) is 1.35. The third-order valence-corrected chi connectivity index (χ3v) is 7.33. The second-order valence-corrected chi connectivity index (χ2v) is 10.2. The maximum atomic E-state index is 12.5. The van der Waals surface area contributed by atoms with Crippen LogP contribution in [-0.4, -0.2) is 40.6 Å². The molecule has 0 unspecified atom stereocenters. The highest BCUT2D eigenvalue weighted by molar-refractivity contribution is 7.92. The lowest BCUT2D eigenvalue weighted by Crippen LogP contribution is -2.40. The van der Waals surface area contributed by atoms with Gasteiger partial charge in [0.05, 0.1) is 0 Å². The van der Waals surface area contributed by atoms with Crippen molar-refractivity contribution in [3.63, 3.8) is 0 Å². The fourth-order valence-corrected chi connectivity index (χ4v) is 5.26. The first-order valence-corrected chi connectivity index (χ1v) is 12.9. The number of fused-ring (bicyclic) bond motifs is 1. The van der Waals surface area contributed by atoms with Crippen molar-refractivity contribution in [3.05, 3.63) is 65.1 Å². The van der Waals surface area contributed by atoms with Crippen molar-refractivity contribution in [1.29, 1.82) is 0 Å². The van der Waals surface area contributed by atoms with Crippen molar-refractivity contribution < 1.29 is 22.7 Å². The van der Waals surface area contributed by atoms with Crippen LogP contribution in [0.1, 0.15) is 43.2 Å². The van der Waals surface area contributed by atoms with Crippen molar-refractivity contribution in [1.82, 2.24) is 10.0 Å². The lowest BCUT2D eigenvalue weighted by molar-refractivity contribution is -0.121. The molecular formula is C25H30N2O5S. The first-order chi connectivity index (χ1) is 16.0. The fourth-order valence-electron chi connectivity index (χ4n) is 4.44. The minimum atomic E-state index is -3.61. The zero-order chi connectivity index (χ0) is 23.2. The Kier molecular flexibility index (Phi) is 7.35. The lowest BCUT2D eigenvalue weighted by Gasteiger charge is -2.31. The Balaban J connectivity index is 1.29. The summed E-state index contributed by atoms with van der Waals surface area (Å²) in [5.41, 5.74) is 1.81.